The van der Waals surface area contributed by atoms with Crippen molar-refractivity contribution in [1.82, 2.24) is 9.47 Å². The van der Waals surface area contributed by atoms with Crippen LogP contribution in [0.2, 0.25) is 0 Å². The lowest BCUT2D eigenvalue weighted by atomic mass is 9.53. The van der Waals surface area contributed by atoms with Crippen LogP contribution in [0, 0.1) is 29.6 Å². The maximum atomic E-state index is 12.2. The minimum Gasteiger partial charge on any atom is -0.312 e. The number of aromatic nitrogens is 1. The number of hydrogen-bond acceptors (Lipinski definition) is 2. The smallest absolute Gasteiger partial charge is 0.250 e. The number of rotatable bonds is 1. The molecule has 4 saturated carbocycles. The van der Waals surface area contributed by atoms with Gasteiger partial charge in [0.1, 0.15) is 0 Å². The van der Waals surface area contributed by atoms with Gasteiger partial charge in [-0.25, -0.2) is 0 Å². The summed E-state index contributed by atoms with van der Waals surface area (Å²) < 4.78 is 2.08. The molecule has 6 aliphatic rings. The number of fused-ring (bicyclic) bond motifs is 4. The Morgan fingerprint density at radius 3 is 2.29 bits per heavy atom. The molecule has 2 atom stereocenters. The van der Waals surface area contributed by atoms with Crippen molar-refractivity contribution in [3.05, 3.63) is 34.2 Å². The van der Waals surface area contributed by atoms with E-state index in [2.05, 4.69) is 15.5 Å². The summed E-state index contributed by atoms with van der Waals surface area (Å²) in [5, 5.41) is 0. The highest BCUT2D eigenvalue weighted by atomic mass is 16.1. The highest BCUT2D eigenvalue weighted by Crippen LogP contribution is 2.56. The molecule has 128 valence electrons. The van der Waals surface area contributed by atoms with Gasteiger partial charge in [0.05, 0.1) is 0 Å². The van der Waals surface area contributed by atoms with E-state index >= 15 is 0 Å². The predicted molar refractivity (Wildman–Crippen MR) is 94.0 cm³/mol. The molecular weight excluding hydrogens is 296 g/mol. The molecule has 0 aromatic carbocycles. The molecule has 3 heterocycles. The summed E-state index contributed by atoms with van der Waals surface area (Å²) in [6.45, 7) is 3.40. The van der Waals surface area contributed by atoms with E-state index in [1.807, 2.05) is 6.07 Å². The molecule has 0 spiro atoms. The van der Waals surface area contributed by atoms with Crippen LogP contribution in [-0.4, -0.2) is 28.6 Å². The van der Waals surface area contributed by atoms with Gasteiger partial charge in [-0.1, -0.05) is 6.07 Å². The van der Waals surface area contributed by atoms with Gasteiger partial charge >= 0.3 is 0 Å². The second kappa shape index (κ2) is 4.97. The first kappa shape index (κ1) is 14.1. The molecule has 4 aliphatic carbocycles. The van der Waals surface area contributed by atoms with Gasteiger partial charge in [-0.2, -0.15) is 0 Å². The average molecular weight is 324 g/mol. The zero-order valence-corrected chi connectivity index (χ0v) is 14.4. The van der Waals surface area contributed by atoms with Crippen LogP contribution in [0.3, 0.4) is 0 Å². The van der Waals surface area contributed by atoms with E-state index in [0.29, 0.717) is 11.8 Å². The Morgan fingerprint density at radius 2 is 1.54 bits per heavy atom. The largest absolute Gasteiger partial charge is 0.312 e. The van der Waals surface area contributed by atoms with Gasteiger partial charge < -0.3 is 4.57 Å². The van der Waals surface area contributed by atoms with Crippen LogP contribution in [0.5, 0.6) is 0 Å². The van der Waals surface area contributed by atoms with Gasteiger partial charge in [0.15, 0.2) is 0 Å². The molecular formula is C21H28N2O. The Hall–Kier alpha value is -1.09. The number of piperidine rings is 1. The Bertz CT molecular complexity index is 695. The van der Waals surface area contributed by atoms with Crippen LogP contribution in [0.4, 0.5) is 0 Å². The van der Waals surface area contributed by atoms with E-state index in [4.69, 9.17) is 0 Å². The fourth-order valence-corrected chi connectivity index (χ4v) is 7.67. The Labute approximate surface area is 144 Å². The molecule has 0 N–H and O–H groups in total. The summed E-state index contributed by atoms with van der Waals surface area (Å²) in [4.78, 5) is 15.1. The summed E-state index contributed by atoms with van der Waals surface area (Å²) in [6.07, 6.45) is 8.90. The second-order valence-corrected chi connectivity index (χ2v) is 9.57. The molecule has 6 bridgehead atoms. The highest BCUT2D eigenvalue weighted by Gasteiger charge is 2.51. The SMILES string of the molecule is O=c1cccc2n1C[C@@H]1C[C@H]2CN(C2C3CC4CC(C3)CC2C4)C1. The summed E-state index contributed by atoms with van der Waals surface area (Å²) >= 11 is 0. The Balaban J connectivity index is 1.31. The summed E-state index contributed by atoms with van der Waals surface area (Å²) in [5.41, 5.74) is 1.53. The molecule has 7 rings (SSSR count). The monoisotopic (exact) mass is 324 g/mol. The quantitative estimate of drug-likeness (QED) is 0.793. The standard InChI is InChI=1S/C21H28N2O/c24-20-3-1-2-19-18-9-15(11-23(19)20)10-22(12-18)21-16-5-13-4-14(7-16)8-17(21)6-13/h1-3,13-18,21H,4-12H2/t13?,14?,15-,16?,17?,18+,21?/m1/s1. The molecule has 24 heavy (non-hydrogen) atoms. The van der Waals surface area contributed by atoms with Crippen molar-refractivity contribution in [3.63, 3.8) is 0 Å². The molecule has 3 nitrogen and oxygen atoms in total. The lowest BCUT2D eigenvalue weighted by Gasteiger charge is -2.59. The van der Waals surface area contributed by atoms with Crippen LogP contribution in [0.25, 0.3) is 0 Å². The lowest BCUT2D eigenvalue weighted by Crippen LogP contribution is -2.60. The van der Waals surface area contributed by atoms with Crippen LogP contribution >= 0.6 is 0 Å². The molecule has 1 saturated heterocycles. The number of hydrogen-bond donors (Lipinski definition) is 0. The van der Waals surface area contributed by atoms with Gasteiger partial charge in [0.25, 0.3) is 5.56 Å². The van der Waals surface area contributed by atoms with E-state index in [-0.39, 0.29) is 5.56 Å². The third-order valence-electron chi connectivity index (χ3n) is 8.11. The molecule has 2 aliphatic heterocycles. The van der Waals surface area contributed by atoms with Crippen LogP contribution < -0.4 is 5.56 Å². The van der Waals surface area contributed by atoms with E-state index < -0.39 is 0 Å². The van der Waals surface area contributed by atoms with E-state index in [9.17, 15) is 4.79 Å². The van der Waals surface area contributed by atoms with Gasteiger partial charge in [-0.05, 0) is 74.2 Å². The minimum atomic E-state index is 0.213. The van der Waals surface area contributed by atoms with Gasteiger partial charge in [-0.3, -0.25) is 9.69 Å². The van der Waals surface area contributed by atoms with E-state index in [0.717, 1.165) is 36.3 Å². The maximum absolute atomic E-state index is 12.2. The molecule has 1 aromatic rings. The van der Waals surface area contributed by atoms with Crippen LogP contribution in [-0.2, 0) is 6.54 Å². The van der Waals surface area contributed by atoms with Gasteiger partial charge in [0, 0.05) is 43.4 Å². The fourth-order valence-electron chi connectivity index (χ4n) is 7.67. The van der Waals surface area contributed by atoms with Crippen molar-refractivity contribution >= 4 is 0 Å². The number of nitrogens with zero attached hydrogens (tertiary/aromatic N) is 2. The van der Waals surface area contributed by atoms with Crippen molar-refractivity contribution in [2.45, 2.75) is 57.0 Å². The molecule has 3 heteroatoms. The molecule has 0 amide bonds. The highest BCUT2D eigenvalue weighted by molar-refractivity contribution is 5.17. The summed E-state index contributed by atoms with van der Waals surface area (Å²) in [7, 11) is 0. The van der Waals surface area contributed by atoms with Gasteiger partial charge in [-0.15, -0.1) is 0 Å². The van der Waals surface area contributed by atoms with Crippen molar-refractivity contribution in [2.24, 2.45) is 29.6 Å². The zero-order chi connectivity index (χ0) is 15.8. The number of pyridine rings is 1. The van der Waals surface area contributed by atoms with Gasteiger partial charge in [0.2, 0.25) is 0 Å². The minimum absolute atomic E-state index is 0.213. The van der Waals surface area contributed by atoms with Crippen molar-refractivity contribution in [2.75, 3.05) is 13.1 Å². The van der Waals surface area contributed by atoms with Crippen molar-refractivity contribution in [3.8, 4) is 0 Å². The van der Waals surface area contributed by atoms with Crippen molar-refractivity contribution < 1.29 is 0 Å². The first-order valence-corrected chi connectivity index (χ1v) is 10.2. The molecule has 0 radical (unpaired) electrons. The summed E-state index contributed by atoms with van der Waals surface area (Å²) in [6, 6.07) is 6.78. The molecule has 0 unspecified atom stereocenters. The third-order valence-corrected chi connectivity index (χ3v) is 8.11. The third kappa shape index (κ3) is 1.97. The summed E-state index contributed by atoms with van der Waals surface area (Å²) in [5.74, 6) is 5.37. The molecule has 1 aromatic heterocycles. The maximum Gasteiger partial charge on any atom is 0.250 e. The van der Waals surface area contributed by atoms with Crippen LogP contribution in [0.15, 0.2) is 23.0 Å². The Kier molecular flexibility index (Phi) is 2.92. The Morgan fingerprint density at radius 1 is 0.792 bits per heavy atom. The zero-order valence-electron chi connectivity index (χ0n) is 14.4. The van der Waals surface area contributed by atoms with Crippen molar-refractivity contribution in [1.29, 1.82) is 0 Å². The first-order valence-electron chi connectivity index (χ1n) is 10.2. The topological polar surface area (TPSA) is 25.2 Å². The molecule has 5 fully saturated rings. The van der Waals surface area contributed by atoms with Crippen LogP contribution in [0.1, 0.15) is 50.1 Å². The average Bonchev–Trinajstić information content (AvgIpc) is 2.55. The first-order chi connectivity index (χ1) is 11.7. The van der Waals surface area contributed by atoms with E-state index in [1.54, 1.807) is 12.5 Å². The van der Waals surface area contributed by atoms with E-state index in [1.165, 1.54) is 50.9 Å². The fraction of sp³-hybridized carbons (Fsp3) is 0.762. The second-order valence-electron chi connectivity index (χ2n) is 9.57. The number of likely N-dealkylation sites (tertiary alicyclic amines) is 1. The lowest BCUT2D eigenvalue weighted by molar-refractivity contribution is -0.0819. The normalized spacial score (nSPS) is 46.1. The predicted octanol–water partition coefficient (Wildman–Crippen LogP) is 3.09.